The summed E-state index contributed by atoms with van der Waals surface area (Å²) in [5, 5.41) is 0. The van der Waals surface area contributed by atoms with Gasteiger partial charge < -0.3 is 9.30 Å². The van der Waals surface area contributed by atoms with Crippen molar-refractivity contribution in [3.8, 4) is 5.75 Å². The number of hydrogen-bond donors (Lipinski definition) is 0. The number of benzene rings is 1. The lowest BCUT2D eigenvalue weighted by Gasteiger charge is -2.33. The average Bonchev–Trinajstić information content (AvgIpc) is 2.83. The molecule has 2 aromatic rings. The second kappa shape index (κ2) is 5.88. The molecule has 0 amide bonds. The summed E-state index contributed by atoms with van der Waals surface area (Å²) in [5.74, 6) is 3.80. The lowest BCUT2D eigenvalue weighted by molar-refractivity contribution is 0.222. The van der Waals surface area contributed by atoms with Crippen LogP contribution in [0.4, 0.5) is 0 Å². The molecule has 0 aliphatic heterocycles. The standard InChI is InChI=1S/C17H23ClN2O/c1-11-6-12(2)8-13(7-11)20-16-5-4-14(21-3)9-15(16)19-17(20)10-18/h4-5,9,11-13H,6-8,10H2,1-3H3. The highest BCUT2D eigenvalue weighted by molar-refractivity contribution is 6.16. The fourth-order valence-electron chi connectivity index (χ4n) is 3.87. The van der Waals surface area contributed by atoms with Crippen LogP contribution in [0.15, 0.2) is 18.2 Å². The lowest BCUT2D eigenvalue weighted by Crippen LogP contribution is -2.23. The van der Waals surface area contributed by atoms with Crippen LogP contribution in [0.3, 0.4) is 0 Å². The molecule has 0 radical (unpaired) electrons. The van der Waals surface area contributed by atoms with Gasteiger partial charge in [0.05, 0.1) is 24.0 Å². The lowest BCUT2D eigenvalue weighted by atomic mass is 9.80. The van der Waals surface area contributed by atoms with Crippen molar-refractivity contribution in [2.24, 2.45) is 11.8 Å². The van der Waals surface area contributed by atoms with Gasteiger partial charge in [-0.15, -0.1) is 11.6 Å². The first-order chi connectivity index (χ1) is 10.1. The van der Waals surface area contributed by atoms with E-state index in [0.29, 0.717) is 11.9 Å². The van der Waals surface area contributed by atoms with Crippen LogP contribution < -0.4 is 4.74 Å². The normalized spacial score (nSPS) is 26.2. The van der Waals surface area contributed by atoms with E-state index in [1.807, 2.05) is 12.1 Å². The zero-order valence-corrected chi connectivity index (χ0v) is 13.7. The number of nitrogens with zero attached hydrogens (tertiary/aromatic N) is 2. The molecule has 1 aromatic carbocycles. The fraction of sp³-hybridized carbons (Fsp3) is 0.588. The predicted octanol–water partition coefficient (Wildman–Crippen LogP) is 4.78. The number of aromatic nitrogens is 2. The Morgan fingerprint density at radius 3 is 2.57 bits per heavy atom. The van der Waals surface area contributed by atoms with Gasteiger partial charge in [0.15, 0.2) is 0 Å². The molecule has 0 spiro atoms. The minimum Gasteiger partial charge on any atom is -0.497 e. The molecule has 1 saturated carbocycles. The molecule has 1 aliphatic carbocycles. The summed E-state index contributed by atoms with van der Waals surface area (Å²) in [5.41, 5.74) is 2.16. The second-order valence-electron chi connectivity index (χ2n) is 6.46. The van der Waals surface area contributed by atoms with Crippen LogP contribution in [-0.4, -0.2) is 16.7 Å². The van der Waals surface area contributed by atoms with Crippen LogP contribution in [-0.2, 0) is 5.88 Å². The van der Waals surface area contributed by atoms with Crippen LogP contribution in [0.25, 0.3) is 11.0 Å². The van der Waals surface area contributed by atoms with E-state index >= 15 is 0 Å². The maximum atomic E-state index is 6.15. The van der Waals surface area contributed by atoms with Gasteiger partial charge in [0.25, 0.3) is 0 Å². The van der Waals surface area contributed by atoms with Crippen molar-refractivity contribution in [2.75, 3.05) is 7.11 Å². The summed E-state index contributed by atoms with van der Waals surface area (Å²) in [6.07, 6.45) is 3.75. The van der Waals surface area contributed by atoms with Crippen molar-refractivity contribution in [1.29, 1.82) is 0 Å². The zero-order chi connectivity index (χ0) is 15.0. The van der Waals surface area contributed by atoms with E-state index < -0.39 is 0 Å². The Bertz CT molecular complexity index is 627. The number of rotatable bonds is 3. The fourth-order valence-corrected chi connectivity index (χ4v) is 4.06. The minimum atomic E-state index is 0.455. The summed E-state index contributed by atoms with van der Waals surface area (Å²) in [6.45, 7) is 4.70. The molecule has 4 heteroatoms. The van der Waals surface area contributed by atoms with E-state index in [1.54, 1.807) is 7.11 Å². The van der Waals surface area contributed by atoms with E-state index in [2.05, 4.69) is 24.5 Å². The third kappa shape index (κ3) is 2.76. The van der Waals surface area contributed by atoms with Crippen LogP contribution >= 0.6 is 11.6 Å². The third-order valence-electron chi connectivity index (χ3n) is 4.61. The molecule has 21 heavy (non-hydrogen) atoms. The highest BCUT2D eigenvalue weighted by Crippen LogP contribution is 2.39. The Hall–Kier alpha value is -1.22. The van der Waals surface area contributed by atoms with E-state index in [4.69, 9.17) is 21.3 Å². The summed E-state index contributed by atoms with van der Waals surface area (Å²) < 4.78 is 7.67. The predicted molar refractivity (Wildman–Crippen MR) is 87.1 cm³/mol. The first kappa shape index (κ1) is 14.7. The number of hydrogen-bond acceptors (Lipinski definition) is 2. The van der Waals surface area contributed by atoms with Crippen LogP contribution in [0.2, 0.25) is 0 Å². The number of ether oxygens (including phenoxy) is 1. The molecule has 1 heterocycles. The van der Waals surface area contributed by atoms with Gasteiger partial charge in [-0.1, -0.05) is 13.8 Å². The van der Waals surface area contributed by atoms with E-state index in [1.165, 1.54) is 24.8 Å². The Labute approximate surface area is 131 Å². The zero-order valence-electron chi connectivity index (χ0n) is 13.0. The number of imidazole rings is 1. The SMILES string of the molecule is COc1ccc2c(c1)nc(CCl)n2C1CC(C)CC(C)C1. The summed E-state index contributed by atoms with van der Waals surface area (Å²) >= 11 is 6.15. The molecular formula is C17H23ClN2O. The minimum absolute atomic E-state index is 0.455. The molecule has 0 bridgehead atoms. The van der Waals surface area contributed by atoms with Gasteiger partial charge in [-0.25, -0.2) is 4.98 Å². The summed E-state index contributed by atoms with van der Waals surface area (Å²) in [4.78, 5) is 4.72. The van der Waals surface area contributed by atoms with E-state index in [0.717, 1.165) is 28.9 Å². The van der Waals surface area contributed by atoms with Gasteiger partial charge in [0.2, 0.25) is 0 Å². The van der Waals surface area contributed by atoms with Crippen molar-refractivity contribution >= 4 is 22.6 Å². The molecule has 0 N–H and O–H groups in total. The molecule has 2 unspecified atom stereocenters. The van der Waals surface area contributed by atoms with Crippen LogP contribution in [0.5, 0.6) is 5.75 Å². The Balaban J connectivity index is 2.07. The second-order valence-corrected chi connectivity index (χ2v) is 6.72. The average molecular weight is 307 g/mol. The smallest absolute Gasteiger partial charge is 0.125 e. The largest absolute Gasteiger partial charge is 0.497 e. The molecule has 3 nitrogen and oxygen atoms in total. The molecule has 2 atom stereocenters. The van der Waals surface area contributed by atoms with Gasteiger partial charge >= 0.3 is 0 Å². The Kier molecular flexibility index (Phi) is 4.12. The van der Waals surface area contributed by atoms with Gasteiger partial charge in [-0.2, -0.15) is 0 Å². The number of alkyl halides is 1. The molecule has 1 fully saturated rings. The van der Waals surface area contributed by atoms with Gasteiger partial charge in [-0.05, 0) is 43.2 Å². The van der Waals surface area contributed by atoms with Gasteiger partial charge in [0.1, 0.15) is 11.6 Å². The number of halogens is 1. The van der Waals surface area contributed by atoms with E-state index in [9.17, 15) is 0 Å². The maximum absolute atomic E-state index is 6.15. The van der Waals surface area contributed by atoms with Crippen molar-refractivity contribution in [3.63, 3.8) is 0 Å². The first-order valence-electron chi connectivity index (χ1n) is 7.73. The first-order valence-corrected chi connectivity index (χ1v) is 8.26. The molecular weight excluding hydrogens is 284 g/mol. The number of methoxy groups -OCH3 is 1. The molecule has 1 aromatic heterocycles. The van der Waals surface area contributed by atoms with Crippen LogP contribution in [0, 0.1) is 11.8 Å². The van der Waals surface area contributed by atoms with Gasteiger partial charge in [-0.3, -0.25) is 0 Å². The topological polar surface area (TPSA) is 27.1 Å². The maximum Gasteiger partial charge on any atom is 0.125 e. The van der Waals surface area contributed by atoms with E-state index in [-0.39, 0.29) is 0 Å². The van der Waals surface area contributed by atoms with Crippen molar-refractivity contribution in [3.05, 3.63) is 24.0 Å². The van der Waals surface area contributed by atoms with Gasteiger partial charge in [0, 0.05) is 12.1 Å². The molecule has 114 valence electrons. The highest BCUT2D eigenvalue weighted by Gasteiger charge is 2.27. The third-order valence-corrected chi connectivity index (χ3v) is 4.85. The van der Waals surface area contributed by atoms with Crippen molar-refractivity contribution < 1.29 is 4.74 Å². The van der Waals surface area contributed by atoms with Crippen LogP contribution in [0.1, 0.15) is 45.0 Å². The Morgan fingerprint density at radius 2 is 1.95 bits per heavy atom. The monoisotopic (exact) mass is 306 g/mol. The molecule has 0 saturated heterocycles. The van der Waals surface area contributed by atoms with Crippen molar-refractivity contribution in [1.82, 2.24) is 9.55 Å². The summed E-state index contributed by atoms with van der Waals surface area (Å²) in [6, 6.07) is 6.63. The molecule has 3 rings (SSSR count). The highest BCUT2D eigenvalue weighted by atomic mass is 35.5. The summed E-state index contributed by atoms with van der Waals surface area (Å²) in [7, 11) is 1.69. The number of fused-ring (bicyclic) bond motifs is 1. The molecule has 1 aliphatic rings. The quantitative estimate of drug-likeness (QED) is 0.763. The Morgan fingerprint density at radius 1 is 1.24 bits per heavy atom. The van der Waals surface area contributed by atoms with Crippen molar-refractivity contribution in [2.45, 2.75) is 45.0 Å².